The summed E-state index contributed by atoms with van der Waals surface area (Å²) in [5.41, 5.74) is 0. The molecule has 1 amide bonds. The first-order valence-corrected chi connectivity index (χ1v) is 10.2. The predicted molar refractivity (Wildman–Crippen MR) is 97.4 cm³/mol. The van der Waals surface area contributed by atoms with Crippen LogP contribution in [-0.4, -0.2) is 37.0 Å². The molecular weight excluding hydrogens is 284 g/mol. The molecule has 23 heavy (non-hydrogen) atoms. The molecule has 3 nitrogen and oxygen atoms in total. The van der Waals surface area contributed by atoms with Gasteiger partial charge in [0.2, 0.25) is 5.91 Å². The molecule has 0 aromatic carbocycles. The highest BCUT2D eigenvalue weighted by atomic mass is 16.2. The molecule has 1 heterocycles. The minimum absolute atomic E-state index is 0.299. The van der Waals surface area contributed by atoms with Crippen molar-refractivity contribution >= 4 is 5.91 Å². The maximum absolute atomic E-state index is 13.0. The summed E-state index contributed by atoms with van der Waals surface area (Å²) in [7, 11) is 0. The second kappa shape index (κ2) is 10.3. The van der Waals surface area contributed by atoms with Crippen LogP contribution in [0.1, 0.15) is 78.1 Å². The lowest BCUT2D eigenvalue weighted by molar-refractivity contribution is -0.138. The number of carbonyl (C=O) groups excluding carboxylic acids is 1. The summed E-state index contributed by atoms with van der Waals surface area (Å²) in [5, 5.41) is 3.46. The van der Waals surface area contributed by atoms with Gasteiger partial charge in [0.15, 0.2) is 0 Å². The van der Waals surface area contributed by atoms with Gasteiger partial charge in [-0.1, -0.05) is 52.4 Å². The van der Waals surface area contributed by atoms with Gasteiger partial charge in [0.1, 0.15) is 0 Å². The van der Waals surface area contributed by atoms with E-state index < -0.39 is 0 Å². The molecule has 1 N–H and O–H groups in total. The number of nitrogens with one attached hydrogen (secondary N) is 1. The van der Waals surface area contributed by atoms with E-state index in [1.165, 1.54) is 44.9 Å². The van der Waals surface area contributed by atoms with Crippen LogP contribution in [0.25, 0.3) is 0 Å². The molecule has 134 valence electrons. The summed E-state index contributed by atoms with van der Waals surface area (Å²) < 4.78 is 0. The molecular formula is C20H38N2O. The van der Waals surface area contributed by atoms with Gasteiger partial charge in [0, 0.05) is 19.0 Å². The first kappa shape index (κ1) is 18.8. The van der Waals surface area contributed by atoms with Crippen LogP contribution in [0.5, 0.6) is 0 Å². The van der Waals surface area contributed by atoms with Crippen molar-refractivity contribution in [3.8, 4) is 0 Å². The van der Waals surface area contributed by atoms with Gasteiger partial charge in [-0.15, -0.1) is 0 Å². The predicted octanol–water partition coefficient (Wildman–Crippen LogP) is 4.22. The highest BCUT2D eigenvalue weighted by Gasteiger charge is 2.29. The van der Waals surface area contributed by atoms with Crippen LogP contribution >= 0.6 is 0 Å². The van der Waals surface area contributed by atoms with E-state index >= 15 is 0 Å². The van der Waals surface area contributed by atoms with E-state index in [0.717, 1.165) is 57.3 Å². The van der Waals surface area contributed by atoms with Gasteiger partial charge in [-0.25, -0.2) is 0 Å². The molecule has 1 atom stereocenters. The third-order valence-corrected chi connectivity index (χ3v) is 5.94. The van der Waals surface area contributed by atoms with E-state index in [1.54, 1.807) is 0 Å². The Morgan fingerprint density at radius 3 is 2.35 bits per heavy atom. The number of likely N-dealkylation sites (tertiary alicyclic amines) is 1. The highest BCUT2D eigenvalue weighted by Crippen LogP contribution is 2.32. The molecule has 1 saturated heterocycles. The van der Waals surface area contributed by atoms with Crippen LogP contribution in [-0.2, 0) is 4.79 Å². The van der Waals surface area contributed by atoms with Crippen molar-refractivity contribution < 1.29 is 4.79 Å². The van der Waals surface area contributed by atoms with Crippen LogP contribution in [0.15, 0.2) is 0 Å². The van der Waals surface area contributed by atoms with Crippen LogP contribution in [0.3, 0.4) is 0 Å². The van der Waals surface area contributed by atoms with Gasteiger partial charge in [0.05, 0.1) is 0 Å². The smallest absolute Gasteiger partial charge is 0.225 e. The van der Waals surface area contributed by atoms with Crippen LogP contribution < -0.4 is 5.32 Å². The molecule has 0 aromatic rings. The third-order valence-electron chi connectivity index (χ3n) is 5.94. The second-order valence-electron chi connectivity index (χ2n) is 7.80. The van der Waals surface area contributed by atoms with E-state index in [-0.39, 0.29) is 0 Å². The minimum Gasteiger partial charge on any atom is -0.342 e. The highest BCUT2D eigenvalue weighted by molar-refractivity contribution is 5.79. The molecule has 0 spiro atoms. The number of amides is 1. The average molecular weight is 323 g/mol. The van der Waals surface area contributed by atoms with Crippen molar-refractivity contribution in [3.63, 3.8) is 0 Å². The van der Waals surface area contributed by atoms with Crippen molar-refractivity contribution in [1.82, 2.24) is 10.2 Å². The fraction of sp³-hybridized carbons (Fsp3) is 0.950. The quantitative estimate of drug-likeness (QED) is 0.725. The molecule has 0 aromatic heterocycles. The Morgan fingerprint density at radius 2 is 1.74 bits per heavy atom. The number of nitrogens with zero attached hydrogens (tertiary/aromatic N) is 1. The van der Waals surface area contributed by atoms with E-state index in [9.17, 15) is 4.79 Å². The second-order valence-corrected chi connectivity index (χ2v) is 7.80. The van der Waals surface area contributed by atoms with Crippen LogP contribution in [0, 0.1) is 17.8 Å². The molecule has 2 fully saturated rings. The SMILES string of the molecule is CCCC(CC1CCCCC1)C(=O)N1CCC(CNCC)CC1. The zero-order valence-corrected chi connectivity index (χ0v) is 15.5. The van der Waals surface area contributed by atoms with Gasteiger partial charge in [-0.05, 0) is 50.6 Å². The molecule has 2 aliphatic rings. The normalized spacial score (nSPS) is 22.3. The average Bonchev–Trinajstić information content (AvgIpc) is 2.60. The molecule has 3 heteroatoms. The van der Waals surface area contributed by atoms with E-state index in [1.807, 2.05) is 0 Å². The maximum atomic E-state index is 13.0. The third kappa shape index (κ3) is 6.10. The van der Waals surface area contributed by atoms with Gasteiger partial charge in [0.25, 0.3) is 0 Å². The zero-order chi connectivity index (χ0) is 16.5. The minimum atomic E-state index is 0.299. The first-order valence-electron chi connectivity index (χ1n) is 10.2. The summed E-state index contributed by atoms with van der Waals surface area (Å²) in [6.45, 7) is 8.54. The van der Waals surface area contributed by atoms with E-state index in [2.05, 4.69) is 24.1 Å². The number of piperidine rings is 1. The summed E-state index contributed by atoms with van der Waals surface area (Å²) in [4.78, 5) is 15.2. The molecule has 1 saturated carbocycles. The lowest BCUT2D eigenvalue weighted by Gasteiger charge is -2.35. The fourth-order valence-corrected chi connectivity index (χ4v) is 4.48. The van der Waals surface area contributed by atoms with Crippen molar-refractivity contribution in [2.24, 2.45) is 17.8 Å². The van der Waals surface area contributed by atoms with Crippen molar-refractivity contribution in [3.05, 3.63) is 0 Å². The van der Waals surface area contributed by atoms with Crippen LogP contribution in [0.4, 0.5) is 0 Å². The topological polar surface area (TPSA) is 32.3 Å². The molecule has 1 aliphatic heterocycles. The summed E-state index contributed by atoms with van der Waals surface area (Å²) >= 11 is 0. The molecule has 0 bridgehead atoms. The Labute approximate surface area is 143 Å². The van der Waals surface area contributed by atoms with Gasteiger partial charge in [-0.3, -0.25) is 4.79 Å². The number of rotatable bonds is 8. The Morgan fingerprint density at radius 1 is 1.04 bits per heavy atom. The molecule has 1 aliphatic carbocycles. The first-order chi connectivity index (χ1) is 11.2. The van der Waals surface area contributed by atoms with Crippen molar-refractivity contribution in [1.29, 1.82) is 0 Å². The number of carbonyl (C=O) groups is 1. The zero-order valence-electron chi connectivity index (χ0n) is 15.5. The van der Waals surface area contributed by atoms with Gasteiger partial charge < -0.3 is 10.2 Å². The lowest BCUT2D eigenvalue weighted by Crippen LogP contribution is -2.43. The Balaban J connectivity index is 1.80. The Hall–Kier alpha value is -0.570. The number of hydrogen-bond donors (Lipinski definition) is 1. The maximum Gasteiger partial charge on any atom is 0.225 e. The molecule has 0 radical (unpaired) electrons. The largest absolute Gasteiger partial charge is 0.342 e. The Bertz CT molecular complexity index is 331. The fourth-order valence-electron chi connectivity index (χ4n) is 4.48. The van der Waals surface area contributed by atoms with Crippen LogP contribution in [0.2, 0.25) is 0 Å². The lowest BCUT2D eigenvalue weighted by atomic mass is 9.81. The standard InChI is InChI=1S/C20H38N2O/c1-3-8-19(15-17-9-6-5-7-10-17)20(23)22-13-11-18(12-14-22)16-21-4-2/h17-19,21H,3-16H2,1-2H3. The summed E-state index contributed by atoms with van der Waals surface area (Å²) in [6, 6.07) is 0. The number of hydrogen-bond acceptors (Lipinski definition) is 2. The molecule has 1 unspecified atom stereocenters. The van der Waals surface area contributed by atoms with Crippen molar-refractivity contribution in [2.45, 2.75) is 78.1 Å². The summed E-state index contributed by atoms with van der Waals surface area (Å²) in [6.07, 6.45) is 12.6. The van der Waals surface area contributed by atoms with Crippen molar-refractivity contribution in [2.75, 3.05) is 26.2 Å². The van der Waals surface area contributed by atoms with E-state index in [4.69, 9.17) is 0 Å². The van der Waals surface area contributed by atoms with E-state index in [0.29, 0.717) is 11.8 Å². The van der Waals surface area contributed by atoms with Gasteiger partial charge in [-0.2, -0.15) is 0 Å². The summed E-state index contributed by atoms with van der Waals surface area (Å²) in [5.74, 6) is 2.35. The Kier molecular flexibility index (Phi) is 8.43. The monoisotopic (exact) mass is 322 g/mol. The molecule has 2 rings (SSSR count). The van der Waals surface area contributed by atoms with Gasteiger partial charge >= 0.3 is 0 Å².